The number of nitrogens with zero attached hydrogens (tertiary/aromatic N) is 1. The van der Waals surface area contributed by atoms with Gasteiger partial charge in [-0.05, 0) is 44.5 Å². The zero-order chi connectivity index (χ0) is 15.2. The van der Waals surface area contributed by atoms with E-state index in [-0.39, 0.29) is 5.82 Å². The summed E-state index contributed by atoms with van der Waals surface area (Å²) in [6.45, 7) is 5.52. The van der Waals surface area contributed by atoms with Crippen LogP contribution in [0.2, 0.25) is 0 Å². The van der Waals surface area contributed by atoms with E-state index in [1.807, 2.05) is 13.8 Å². The molecule has 5 nitrogen and oxygen atoms in total. The molecule has 1 atom stereocenters. The van der Waals surface area contributed by atoms with Gasteiger partial charge in [0.15, 0.2) is 0 Å². The Balaban J connectivity index is 2.60. The van der Waals surface area contributed by atoms with Crippen LogP contribution >= 0.6 is 0 Å². The van der Waals surface area contributed by atoms with E-state index < -0.39 is 11.7 Å². The number of oxime groups is 1. The molecular formula is C14H19FN2O3. The molecule has 0 aliphatic carbocycles. The molecule has 1 amide bonds. The molecule has 0 saturated carbocycles. The number of nitrogens with one attached hydrogen (secondary N) is 1. The van der Waals surface area contributed by atoms with Crippen LogP contribution < -0.4 is 5.32 Å². The number of halogens is 1. The van der Waals surface area contributed by atoms with Crippen molar-refractivity contribution in [3.05, 3.63) is 30.1 Å². The summed E-state index contributed by atoms with van der Waals surface area (Å²) < 4.78 is 18.0. The van der Waals surface area contributed by atoms with Crippen molar-refractivity contribution in [1.82, 2.24) is 0 Å². The van der Waals surface area contributed by atoms with E-state index in [1.165, 1.54) is 24.3 Å². The van der Waals surface area contributed by atoms with Gasteiger partial charge in [0.05, 0.1) is 5.71 Å². The van der Waals surface area contributed by atoms with Crippen LogP contribution in [-0.4, -0.2) is 24.5 Å². The van der Waals surface area contributed by atoms with Gasteiger partial charge in [-0.1, -0.05) is 12.1 Å². The Kier molecular flexibility index (Phi) is 5.64. The summed E-state index contributed by atoms with van der Waals surface area (Å²) in [5.74, 6) is -0.378. The smallest absolute Gasteiger partial charge is 0.372 e. The highest BCUT2D eigenvalue weighted by Gasteiger charge is 2.26. The largest absolute Gasteiger partial charge is 0.437 e. The summed E-state index contributed by atoms with van der Waals surface area (Å²) >= 11 is 0. The molecule has 0 aromatic heterocycles. The molecule has 0 aliphatic heterocycles. The molecule has 1 aromatic rings. The highest BCUT2D eigenvalue weighted by atomic mass is 19.1. The number of hydrogen-bond donors (Lipinski definition) is 1. The van der Waals surface area contributed by atoms with E-state index in [1.54, 1.807) is 14.0 Å². The van der Waals surface area contributed by atoms with Crippen molar-refractivity contribution in [2.45, 2.75) is 32.8 Å². The molecule has 0 bridgehead atoms. The van der Waals surface area contributed by atoms with Crippen LogP contribution in [0, 0.1) is 5.82 Å². The quantitative estimate of drug-likeness (QED) is 0.510. The van der Waals surface area contributed by atoms with Gasteiger partial charge in [0.25, 0.3) is 0 Å². The zero-order valence-corrected chi connectivity index (χ0v) is 12.1. The number of rotatable bonds is 5. The molecule has 110 valence electrons. The Hall–Kier alpha value is -1.95. The number of carbonyl (C=O) groups is 1. The van der Waals surface area contributed by atoms with Crippen LogP contribution in [0.1, 0.15) is 27.2 Å². The molecular weight excluding hydrogens is 263 g/mol. The summed E-state index contributed by atoms with van der Waals surface area (Å²) in [6, 6.07) is 5.34. The van der Waals surface area contributed by atoms with Gasteiger partial charge in [0.2, 0.25) is 0 Å². The number of ether oxygens (including phenoxy) is 1. The summed E-state index contributed by atoms with van der Waals surface area (Å²) in [5, 5.41) is 6.19. The average molecular weight is 282 g/mol. The van der Waals surface area contributed by atoms with Crippen LogP contribution in [0.25, 0.3) is 0 Å². The molecule has 0 spiro atoms. The fourth-order valence-corrected chi connectivity index (χ4v) is 1.43. The zero-order valence-electron chi connectivity index (χ0n) is 12.1. The van der Waals surface area contributed by atoms with Gasteiger partial charge in [-0.2, -0.15) is 0 Å². The third kappa shape index (κ3) is 4.31. The molecule has 0 aliphatic rings. The molecule has 1 aromatic carbocycles. The maximum absolute atomic E-state index is 12.7. The Labute approximate surface area is 117 Å². The molecule has 0 fully saturated rings. The third-order valence-electron chi connectivity index (χ3n) is 3.25. The van der Waals surface area contributed by atoms with Crippen molar-refractivity contribution in [1.29, 1.82) is 0 Å². The second-order valence-electron chi connectivity index (χ2n) is 4.48. The number of methoxy groups -OCH3 is 1. The standard InChI is InChI=1S/C14H19FN2O3/c1-5-14(3,19-4)10(2)17-20-13(18)16-12-8-6-11(15)7-9-12/h6-9H,5H2,1-4H3,(H,16,18)/b17-10-. The van der Waals surface area contributed by atoms with E-state index in [9.17, 15) is 9.18 Å². The van der Waals surface area contributed by atoms with Gasteiger partial charge in [0, 0.05) is 12.8 Å². The van der Waals surface area contributed by atoms with E-state index in [0.717, 1.165) is 0 Å². The first-order valence-electron chi connectivity index (χ1n) is 6.25. The van der Waals surface area contributed by atoms with Crippen LogP contribution in [-0.2, 0) is 9.57 Å². The molecule has 0 saturated heterocycles. The van der Waals surface area contributed by atoms with Gasteiger partial charge < -0.3 is 4.74 Å². The lowest BCUT2D eigenvalue weighted by molar-refractivity contribution is 0.0587. The third-order valence-corrected chi connectivity index (χ3v) is 3.25. The number of benzene rings is 1. The first-order valence-corrected chi connectivity index (χ1v) is 6.25. The van der Waals surface area contributed by atoms with Gasteiger partial charge in [-0.15, -0.1) is 0 Å². The minimum Gasteiger partial charge on any atom is -0.372 e. The van der Waals surface area contributed by atoms with Gasteiger partial charge >= 0.3 is 6.09 Å². The lowest BCUT2D eigenvalue weighted by atomic mass is 9.98. The normalized spacial score (nSPS) is 14.6. The van der Waals surface area contributed by atoms with Gasteiger partial charge in [0.1, 0.15) is 11.4 Å². The van der Waals surface area contributed by atoms with Crippen LogP contribution in [0.15, 0.2) is 29.4 Å². The van der Waals surface area contributed by atoms with Crippen molar-refractivity contribution in [2.75, 3.05) is 12.4 Å². The second kappa shape index (κ2) is 7.00. The van der Waals surface area contributed by atoms with E-state index >= 15 is 0 Å². The maximum Gasteiger partial charge on any atom is 0.437 e. The number of amides is 1. The Morgan fingerprint density at radius 1 is 1.40 bits per heavy atom. The fraction of sp³-hybridized carbons (Fsp3) is 0.429. The van der Waals surface area contributed by atoms with Gasteiger partial charge in [-0.25, -0.2) is 9.18 Å². The molecule has 1 unspecified atom stereocenters. The molecule has 1 rings (SSSR count). The van der Waals surface area contributed by atoms with Crippen LogP contribution in [0.5, 0.6) is 0 Å². The predicted octanol–water partition coefficient (Wildman–Crippen LogP) is 3.57. The Morgan fingerprint density at radius 3 is 2.50 bits per heavy atom. The molecule has 6 heteroatoms. The Morgan fingerprint density at radius 2 is 2.00 bits per heavy atom. The number of anilines is 1. The van der Waals surface area contributed by atoms with Gasteiger partial charge in [-0.3, -0.25) is 10.2 Å². The van der Waals surface area contributed by atoms with E-state index in [4.69, 9.17) is 9.57 Å². The highest BCUT2D eigenvalue weighted by Crippen LogP contribution is 2.16. The first kappa shape index (κ1) is 16.1. The molecule has 0 radical (unpaired) electrons. The summed E-state index contributed by atoms with van der Waals surface area (Å²) in [6.07, 6.45) is -0.0487. The van der Waals surface area contributed by atoms with E-state index in [2.05, 4.69) is 10.5 Å². The lowest BCUT2D eigenvalue weighted by Gasteiger charge is -2.25. The SMILES string of the molecule is CCC(C)(OC)/C(C)=N\OC(=O)Nc1ccc(F)cc1. The van der Waals surface area contributed by atoms with Crippen molar-refractivity contribution in [3.8, 4) is 0 Å². The first-order chi connectivity index (χ1) is 9.41. The molecule has 0 heterocycles. The van der Waals surface area contributed by atoms with Crippen LogP contribution in [0.4, 0.5) is 14.9 Å². The van der Waals surface area contributed by atoms with Crippen molar-refractivity contribution in [2.24, 2.45) is 5.16 Å². The number of carbonyl (C=O) groups excluding carboxylic acids is 1. The predicted molar refractivity (Wildman–Crippen MR) is 75.3 cm³/mol. The van der Waals surface area contributed by atoms with Crippen LogP contribution in [0.3, 0.4) is 0 Å². The Bertz CT molecular complexity index is 482. The summed E-state index contributed by atoms with van der Waals surface area (Å²) in [7, 11) is 1.57. The minimum absolute atomic E-state index is 0.378. The number of hydrogen-bond acceptors (Lipinski definition) is 4. The van der Waals surface area contributed by atoms with Crippen molar-refractivity contribution < 1.29 is 18.8 Å². The lowest BCUT2D eigenvalue weighted by Crippen LogP contribution is -2.35. The summed E-state index contributed by atoms with van der Waals surface area (Å²) in [5.41, 5.74) is 0.405. The molecule has 1 N–H and O–H groups in total. The topological polar surface area (TPSA) is 59.9 Å². The second-order valence-corrected chi connectivity index (χ2v) is 4.48. The van der Waals surface area contributed by atoms with Crippen molar-refractivity contribution >= 4 is 17.5 Å². The van der Waals surface area contributed by atoms with Crippen molar-refractivity contribution in [3.63, 3.8) is 0 Å². The van der Waals surface area contributed by atoms with E-state index in [0.29, 0.717) is 17.8 Å². The minimum atomic E-state index is -0.745. The highest BCUT2D eigenvalue weighted by molar-refractivity contribution is 5.91. The average Bonchev–Trinajstić information content (AvgIpc) is 2.46. The maximum atomic E-state index is 12.7. The summed E-state index contributed by atoms with van der Waals surface area (Å²) in [4.78, 5) is 16.3. The monoisotopic (exact) mass is 282 g/mol. The fourth-order valence-electron chi connectivity index (χ4n) is 1.43. The molecule has 20 heavy (non-hydrogen) atoms.